The number of aryl methyl sites for hydroxylation is 1. The summed E-state index contributed by atoms with van der Waals surface area (Å²) >= 11 is 0. The van der Waals surface area contributed by atoms with Gasteiger partial charge in [-0.1, -0.05) is 32.3 Å². The third-order valence-electron chi connectivity index (χ3n) is 4.62. The molecule has 0 bridgehead atoms. The van der Waals surface area contributed by atoms with Crippen LogP contribution in [0.1, 0.15) is 65.4 Å². The van der Waals surface area contributed by atoms with Crippen molar-refractivity contribution in [2.45, 2.75) is 71.8 Å². The lowest BCUT2D eigenvalue weighted by atomic mass is 9.88. The van der Waals surface area contributed by atoms with Gasteiger partial charge in [-0.05, 0) is 51.2 Å². The number of nitrogens with two attached hydrogens (primary N) is 1. The Morgan fingerprint density at radius 1 is 1.28 bits per heavy atom. The second-order valence-electron chi connectivity index (χ2n) is 7.24. The van der Waals surface area contributed by atoms with Crippen LogP contribution in [0.2, 0.25) is 0 Å². The smallest absolute Gasteiger partial charge is 0.222 e. The first kappa shape index (κ1) is 19.2. The molecule has 5 heteroatoms. The van der Waals surface area contributed by atoms with E-state index >= 15 is 0 Å². The molecule has 0 saturated carbocycles. The van der Waals surface area contributed by atoms with E-state index in [-0.39, 0.29) is 11.5 Å². The van der Waals surface area contributed by atoms with Crippen LogP contribution in [0.15, 0.2) is 24.4 Å². The molecular weight excluding hydrogens is 310 g/mol. The topological polar surface area (TPSA) is 76.7 Å². The van der Waals surface area contributed by atoms with Gasteiger partial charge in [-0.15, -0.1) is 6.58 Å². The maximum Gasteiger partial charge on any atom is 0.222 e. The van der Waals surface area contributed by atoms with Gasteiger partial charge >= 0.3 is 0 Å². The number of nitrogen functional groups attached to an aromatic ring is 1. The molecule has 136 valence electrons. The van der Waals surface area contributed by atoms with Crippen molar-refractivity contribution in [1.82, 2.24) is 15.0 Å². The van der Waals surface area contributed by atoms with Gasteiger partial charge in [-0.25, -0.2) is 4.98 Å². The summed E-state index contributed by atoms with van der Waals surface area (Å²) in [4.78, 5) is 13.4. The number of nitrogens with one attached hydrogen (secondary N) is 1. The second kappa shape index (κ2) is 8.28. The monoisotopic (exact) mass is 341 g/mol. The lowest BCUT2D eigenvalue weighted by Gasteiger charge is -2.32. The van der Waals surface area contributed by atoms with Crippen LogP contribution in [0.4, 0.5) is 11.8 Å². The predicted octanol–water partition coefficient (Wildman–Crippen LogP) is 4.89. The molecule has 1 atom stereocenters. The highest BCUT2D eigenvalue weighted by molar-refractivity contribution is 5.86. The standard InChI is InChI=1S/C20H31N5/c1-6-8-10-20(5,11-9-14(3)4)25-18-17-16(23-19(21)24-18)12-15(7-2)13-22-17/h12-13H,3,6-11H2,1-2,4-5H3,(H3,21,23,24,25)/t20-/m1/s1. The first-order chi connectivity index (χ1) is 11.9. The van der Waals surface area contributed by atoms with Gasteiger partial charge < -0.3 is 11.1 Å². The van der Waals surface area contributed by atoms with Crippen molar-refractivity contribution in [1.29, 1.82) is 0 Å². The molecule has 2 aromatic rings. The molecule has 0 radical (unpaired) electrons. The Hall–Kier alpha value is -2.17. The molecule has 3 N–H and O–H groups in total. The Kier molecular flexibility index (Phi) is 6.34. The lowest BCUT2D eigenvalue weighted by Crippen LogP contribution is -2.35. The molecule has 2 heterocycles. The normalized spacial score (nSPS) is 13.6. The van der Waals surface area contributed by atoms with Gasteiger partial charge in [0.1, 0.15) is 5.52 Å². The molecule has 0 unspecified atom stereocenters. The van der Waals surface area contributed by atoms with Crippen LogP contribution in [0.25, 0.3) is 11.0 Å². The Labute approximate surface area is 151 Å². The summed E-state index contributed by atoms with van der Waals surface area (Å²) < 4.78 is 0. The highest BCUT2D eigenvalue weighted by atomic mass is 15.1. The molecule has 0 fully saturated rings. The maximum atomic E-state index is 5.95. The van der Waals surface area contributed by atoms with Gasteiger partial charge in [0.2, 0.25) is 5.95 Å². The highest BCUT2D eigenvalue weighted by Crippen LogP contribution is 2.29. The molecular formula is C20H31N5. The zero-order valence-corrected chi connectivity index (χ0v) is 16.0. The van der Waals surface area contributed by atoms with Gasteiger partial charge in [-0.2, -0.15) is 4.98 Å². The van der Waals surface area contributed by atoms with E-state index in [1.807, 2.05) is 12.3 Å². The molecule has 0 aliphatic rings. The third kappa shape index (κ3) is 5.15. The zero-order chi connectivity index (χ0) is 18.4. The molecule has 0 aliphatic heterocycles. The summed E-state index contributed by atoms with van der Waals surface area (Å²) in [5.74, 6) is 1.01. The number of anilines is 2. The summed E-state index contributed by atoms with van der Waals surface area (Å²) in [6.07, 6.45) is 8.18. The fourth-order valence-electron chi connectivity index (χ4n) is 2.95. The number of aromatic nitrogens is 3. The molecule has 0 aromatic carbocycles. The van der Waals surface area contributed by atoms with Crippen LogP contribution < -0.4 is 11.1 Å². The number of unbranched alkanes of at least 4 members (excludes halogenated alkanes) is 1. The minimum Gasteiger partial charge on any atom is -0.368 e. The molecule has 0 saturated heterocycles. The highest BCUT2D eigenvalue weighted by Gasteiger charge is 2.25. The van der Waals surface area contributed by atoms with Crippen molar-refractivity contribution in [2.75, 3.05) is 11.1 Å². The summed E-state index contributed by atoms with van der Waals surface area (Å²) in [5, 5.41) is 3.63. The van der Waals surface area contributed by atoms with Crippen molar-refractivity contribution in [3.8, 4) is 0 Å². The van der Waals surface area contributed by atoms with Gasteiger partial charge in [0.25, 0.3) is 0 Å². The van der Waals surface area contributed by atoms with Gasteiger partial charge in [0.15, 0.2) is 5.82 Å². The van der Waals surface area contributed by atoms with Crippen molar-refractivity contribution in [3.05, 3.63) is 30.0 Å². The van der Waals surface area contributed by atoms with Crippen LogP contribution in [0, 0.1) is 0 Å². The average molecular weight is 342 g/mol. The number of fused-ring (bicyclic) bond motifs is 1. The van der Waals surface area contributed by atoms with Crippen LogP contribution in [0.3, 0.4) is 0 Å². The van der Waals surface area contributed by atoms with Crippen LogP contribution >= 0.6 is 0 Å². The van der Waals surface area contributed by atoms with Crippen molar-refractivity contribution >= 4 is 22.8 Å². The SMILES string of the molecule is C=C(C)CC[C@@](C)(CCCC)Nc1nc(N)nc2cc(CC)cnc12. The number of hydrogen-bond acceptors (Lipinski definition) is 5. The van der Waals surface area contributed by atoms with E-state index in [4.69, 9.17) is 5.73 Å². The average Bonchev–Trinajstić information content (AvgIpc) is 2.57. The van der Waals surface area contributed by atoms with Crippen LogP contribution in [0.5, 0.6) is 0 Å². The molecule has 5 nitrogen and oxygen atoms in total. The van der Waals surface area contributed by atoms with Crippen molar-refractivity contribution < 1.29 is 0 Å². The minimum absolute atomic E-state index is 0.0756. The summed E-state index contributed by atoms with van der Waals surface area (Å²) in [6, 6.07) is 2.04. The first-order valence-corrected chi connectivity index (χ1v) is 9.21. The maximum absolute atomic E-state index is 5.95. The predicted molar refractivity (Wildman–Crippen MR) is 107 cm³/mol. The molecule has 2 rings (SSSR count). The van der Waals surface area contributed by atoms with Gasteiger partial charge in [0, 0.05) is 11.7 Å². The first-order valence-electron chi connectivity index (χ1n) is 9.21. The molecule has 25 heavy (non-hydrogen) atoms. The van der Waals surface area contributed by atoms with Crippen molar-refractivity contribution in [3.63, 3.8) is 0 Å². The summed E-state index contributed by atoms with van der Waals surface area (Å²) in [7, 11) is 0. The second-order valence-corrected chi connectivity index (χ2v) is 7.24. The number of nitrogens with zero attached hydrogens (tertiary/aromatic N) is 3. The van der Waals surface area contributed by atoms with E-state index in [9.17, 15) is 0 Å². The van der Waals surface area contributed by atoms with E-state index in [1.54, 1.807) is 0 Å². The molecule has 0 aliphatic carbocycles. The number of allylic oxidation sites excluding steroid dienone is 1. The summed E-state index contributed by atoms with van der Waals surface area (Å²) in [6.45, 7) is 12.7. The molecule has 0 spiro atoms. The Bertz CT molecular complexity index is 740. The number of pyridine rings is 1. The van der Waals surface area contributed by atoms with E-state index in [0.717, 1.165) is 60.9 Å². The quantitative estimate of drug-likeness (QED) is 0.635. The van der Waals surface area contributed by atoms with Crippen molar-refractivity contribution in [2.24, 2.45) is 0 Å². The van der Waals surface area contributed by atoms with Gasteiger partial charge in [0.05, 0.1) is 5.52 Å². The van der Waals surface area contributed by atoms with E-state index in [1.165, 1.54) is 5.57 Å². The molecule has 2 aromatic heterocycles. The van der Waals surface area contributed by atoms with E-state index in [0.29, 0.717) is 0 Å². The van der Waals surface area contributed by atoms with E-state index < -0.39 is 0 Å². The Morgan fingerprint density at radius 3 is 2.68 bits per heavy atom. The molecule has 0 amide bonds. The van der Waals surface area contributed by atoms with Crippen LogP contribution in [-0.4, -0.2) is 20.5 Å². The Balaban J connectivity index is 2.38. The zero-order valence-electron chi connectivity index (χ0n) is 16.0. The van der Waals surface area contributed by atoms with E-state index in [2.05, 4.69) is 54.5 Å². The Morgan fingerprint density at radius 2 is 2.04 bits per heavy atom. The largest absolute Gasteiger partial charge is 0.368 e. The summed E-state index contributed by atoms with van der Waals surface area (Å²) in [5.41, 5.74) is 9.80. The van der Waals surface area contributed by atoms with Gasteiger partial charge in [-0.3, -0.25) is 4.98 Å². The fourth-order valence-corrected chi connectivity index (χ4v) is 2.95. The fraction of sp³-hybridized carbons (Fsp3) is 0.550. The number of rotatable bonds is 9. The lowest BCUT2D eigenvalue weighted by molar-refractivity contribution is 0.420. The minimum atomic E-state index is -0.0756. The third-order valence-corrected chi connectivity index (χ3v) is 4.62. The number of hydrogen-bond donors (Lipinski definition) is 2. The van der Waals surface area contributed by atoms with Crippen LogP contribution in [-0.2, 0) is 6.42 Å².